The molecule has 1 aromatic carbocycles. The van der Waals surface area contributed by atoms with Crippen LogP contribution in [0.4, 0.5) is 13.6 Å². The van der Waals surface area contributed by atoms with Crippen molar-refractivity contribution in [1.29, 1.82) is 0 Å². The lowest BCUT2D eigenvalue weighted by molar-refractivity contribution is 0.0610. The third kappa shape index (κ3) is 3.06. The van der Waals surface area contributed by atoms with E-state index in [1.807, 2.05) is 0 Å². The van der Waals surface area contributed by atoms with Gasteiger partial charge in [-0.25, -0.2) is 13.6 Å². The Morgan fingerprint density at radius 2 is 1.92 bits per heavy atom. The van der Waals surface area contributed by atoms with Gasteiger partial charge in [-0.2, -0.15) is 0 Å². The van der Waals surface area contributed by atoms with E-state index in [9.17, 15) is 13.6 Å². The van der Waals surface area contributed by atoms with Gasteiger partial charge in [-0.15, -0.1) is 0 Å². The maximum absolute atomic E-state index is 12.3. The molecule has 0 saturated heterocycles. The number of hydrogen-bond donors (Lipinski definition) is 0. The normalized spacial score (nSPS) is 9.38. The molecule has 0 fully saturated rings. The van der Waals surface area contributed by atoms with Gasteiger partial charge in [-0.1, -0.05) is 0 Å². The van der Waals surface area contributed by atoms with Crippen LogP contribution >= 0.6 is 0 Å². The number of hydrogen-bond acceptors (Lipinski definition) is 3. The quantitative estimate of drug-likeness (QED) is 0.527. The molecule has 0 aromatic heterocycles. The van der Waals surface area contributed by atoms with Crippen LogP contribution in [0, 0.1) is 5.82 Å². The Kier molecular flexibility index (Phi) is 3.19. The highest BCUT2D eigenvalue weighted by molar-refractivity contribution is 5.63. The molecule has 0 bridgehead atoms. The van der Waals surface area contributed by atoms with Crippen LogP contribution in [0.3, 0.4) is 0 Å². The number of alkyl halides is 1. The zero-order valence-corrected chi connectivity index (χ0v) is 6.50. The smallest absolute Gasteiger partial charge is 0.402 e. The molecule has 1 aromatic rings. The van der Waals surface area contributed by atoms with Crippen LogP contribution in [0.2, 0.25) is 0 Å². The Hall–Kier alpha value is -1.65. The van der Waals surface area contributed by atoms with Crippen molar-refractivity contribution in [2.75, 3.05) is 6.86 Å². The molecule has 0 aliphatic rings. The van der Waals surface area contributed by atoms with E-state index in [0.29, 0.717) is 0 Å². The number of halogens is 2. The molecule has 0 saturated carbocycles. The predicted octanol–water partition coefficient (Wildman–Crippen LogP) is 2.27. The molecule has 0 heterocycles. The van der Waals surface area contributed by atoms with Crippen molar-refractivity contribution in [3.8, 4) is 5.75 Å². The van der Waals surface area contributed by atoms with Gasteiger partial charge in [0.1, 0.15) is 11.6 Å². The van der Waals surface area contributed by atoms with Crippen molar-refractivity contribution >= 4 is 6.16 Å². The Morgan fingerprint density at radius 3 is 2.46 bits per heavy atom. The third-order valence-electron chi connectivity index (χ3n) is 1.19. The van der Waals surface area contributed by atoms with E-state index in [1.165, 1.54) is 12.1 Å². The van der Waals surface area contributed by atoms with Gasteiger partial charge in [0.2, 0.25) is 6.86 Å². The number of carbonyl (C=O) groups is 1. The maximum atomic E-state index is 12.3. The highest BCUT2D eigenvalue weighted by Crippen LogP contribution is 2.11. The van der Waals surface area contributed by atoms with Gasteiger partial charge in [0.05, 0.1) is 0 Å². The Morgan fingerprint density at radius 1 is 1.31 bits per heavy atom. The zero-order chi connectivity index (χ0) is 9.68. The Balaban J connectivity index is 2.54. The van der Waals surface area contributed by atoms with Crippen LogP contribution in [-0.2, 0) is 4.74 Å². The monoisotopic (exact) mass is 188 g/mol. The second-order valence-electron chi connectivity index (χ2n) is 2.06. The molecule has 0 aliphatic heterocycles. The minimum absolute atomic E-state index is 0.0971. The van der Waals surface area contributed by atoms with Crippen LogP contribution in [-0.4, -0.2) is 13.0 Å². The molecular weight excluding hydrogens is 182 g/mol. The fraction of sp³-hybridized carbons (Fsp3) is 0.125. The molecular formula is C8H6F2O3. The molecule has 13 heavy (non-hydrogen) atoms. The number of benzene rings is 1. The molecule has 0 N–H and O–H groups in total. The fourth-order valence-corrected chi connectivity index (χ4v) is 0.673. The molecule has 0 spiro atoms. The molecule has 0 atom stereocenters. The van der Waals surface area contributed by atoms with Gasteiger partial charge in [0, 0.05) is 0 Å². The first-order valence-corrected chi connectivity index (χ1v) is 3.38. The average Bonchev–Trinajstić information content (AvgIpc) is 2.09. The van der Waals surface area contributed by atoms with Crippen LogP contribution < -0.4 is 4.74 Å². The number of rotatable bonds is 2. The summed E-state index contributed by atoms with van der Waals surface area (Å²) in [6.45, 7) is -1.25. The Bertz CT molecular complexity index is 284. The second-order valence-corrected chi connectivity index (χ2v) is 2.06. The van der Waals surface area contributed by atoms with E-state index in [4.69, 9.17) is 0 Å². The summed E-state index contributed by atoms with van der Waals surface area (Å²) in [5, 5.41) is 0. The van der Waals surface area contributed by atoms with E-state index < -0.39 is 18.8 Å². The summed E-state index contributed by atoms with van der Waals surface area (Å²) in [6, 6.07) is 4.68. The predicted molar refractivity (Wildman–Crippen MR) is 39.5 cm³/mol. The summed E-state index contributed by atoms with van der Waals surface area (Å²) in [5.41, 5.74) is 0. The van der Waals surface area contributed by atoms with Crippen molar-refractivity contribution < 1.29 is 23.0 Å². The third-order valence-corrected chi connectivity index (χ3v) is 1.19. The summed E-state index contributed by atoms with van der Waals surface area (Å²) < 4.78 is 32.1. The summed E-state index contributed by atoms with van der Waals surface area (Å²) in [6.07, 6.45) is -1.16. The highest BCUT2D eigenvalue weighted by Gasteiger charge is 2.04. The highest BCUT2D eigenvalue weighted by atomic mass is 19.1. The van der Waals surface area contributed by atoms with Gasteiger partial charge >= 0.3 is 6.16 Å². The molecule has 1 rings (SSSR count). The van der Waals surface area contributed by atoms with Crippen molar-refractivity contribution in [3.63, 3.8) is 0 Å². The molecule has 0 radical (unpaired) electrons. The van der Waals surface area contributed by atoms with Gasteiger partial charge < -0.3 is 9.47 Å². The first kappa shape index (κ1) is 9.44. The second kappa shape index (κ2) is 4.39. The van der Waals surface area contributed by atoms with Crippen molar-refractivity contribution in [2.45, 2.75) is 0 Å². The molecule has 0 unspecified atom stereocenters. The summed E-state index contributed by atoms with van der Waals surface area (Å²) >= 11 is 0. The van der Waals surface area contributed by atoms with E-state index in [0.717, 1.165) is 12.1 Å². The molecule has 5 heteroatoms. The lowest BCUT2D eigenvalue weighted by Gasteiger charge is -2.01. The first-order valence-electron chi connectivity index (χ1n) is 3.38. The number of ether oxygens (including phenoxy) is 2. The molecule has 70 valence electrons. The molecule has 3 nitrogen and oxygen atoms in total. The average molecular weight is 188 g/mol. The number of carbonyl (C=O) groups excluding carboxylic acids is 1. The Labute approximate surface area is 72.9 Å². The first-order chi connectivity index (χ1) is 6.22. The topological polar surface area (TPSA) is 35.5 Å². The lowest BCUT2D eigenvalue weighted by Crippen LogP contribution is -2.09. The summed E-state index contributed by atoms with van der Waals surface area (Å²) in [4.78, 5) is 10.5. The minimum atomic E-state index is -1.25. The van der Waals surface area contributed by atoms with Gasteiger partial charge in [0.25, 0.3) is 0 Å². The van der Waals surface area contributed by atoms with E-state index in [-0.39, 0.29) is 5.75 Å². The fourth-order valence-electron chi connectivity index (χ4n) is 0.673. The zero-order valence-electron chi connectivity index (χ0n) is 6.50. The van der Waals surface area contributed by atoms with Crippen LogP contribution in [0.5, 0.6) is 5.75 Å². The minimum Gasteiger partial charge on any atom is -0.402 e. The van der Waals surface area contributed by atoms with Gasteiger partial charge in [-0.3, -0.25) is 0 Å². The van der Waals surface area contributed by atoms with Gasteiger partial charge in [0.15, 0.2) is 0 Å². The standard InChI is InChI=1S/C8H6F2O3/c9-5-12-8(11)13-7-3-1-6(10)2-4-7/h1-4H,5H2. The lowest BCUT2D eigenvalue weighted by atomic mass is 10.3. The SMILES string of the molecule is O=C(OCF)Oc1ccc(F)cc1. The molecule has 0 amide bonds. The van der Waals surface area contributed by atoms with E-state index in [1.54, 1.807) is 0 Å². The van der Waals surface area contributed by atoms with Crippen LogP contribution in [0.15, 0.2) is 24.3 Å². The van der Waals surface area contributed by atoms with Crippen LogP contribution in [0.1, 0.15) is 0 Å². The van der Waals surface area contributed by atoms with E-state index >= 15 is 0 Å². The maximum Gasteiger partial charge on any atom is 0.516 e. The van der Waals surface area contributed by atoms with E-state index in [2.05, 4.69) is 9.47 Å². The largest absolute Gasteiger partial charge is 0.516 e. The van der Waals surface area contributed by atoms with Crippen molar-refractivity contribution in [2.24, 2.45) is 0 Å². The summed E-state index contributed by atoms with van der Waals surface area (Å²) in [5.74, 6) is -0.356. The van der Waals surface area contributed by atoms with Gasteiger partial charge in [-0.05, 0) is 24.3 Å². The molecule has 0 aliphatic carbocycles. The van der Waals surface area contributed by atoms with Crippen molar-refractivity contribution in [1.82, 2.24) is 0 Å². The van der Waals surface area contributed by atoms with Crippen LogP contribution in [0.25, 0.3) is 0 Å². The summed E-state index contributed by atoms with van der Waals surface area (Å²) in [7, 11) is 0. The van der Waals surface area contributed by atoms with Crippen molar-refractivity contribution in [3.05, 3.63) is 30.1 Å².